The van der Waals surface area contributed by atoms with Crippen molar-refractivity contribution in [1.82, 2.24) is 15.1 Å². The second-order valence-electron chi connectivity index (χ2n) is 14.2. The van der Waals surface area contributed by atoms with Gasteiger partial charge in [-0.3, -0.25) is 38.5 Å². The summed E-state index contributed by atoms with van der Waals surface area (Å²) >= 11 is 0. The van der Waals surface area contributed by atoms with E-state index in [1.807, 2.05) is 36.4 Å². The number of carboxylic acid groups (broad SMARTS) is 5. The normalized spacial score (nSPS) is 20.5. The zero-order valence-electron chi connectivity index (χ0n) is 30.4. The van der Waals surface area contributed by atoms with Gasteiger partial charge in [0, 0.05) is 30.6 Å². The molecule has 0 bridgehead atoms. The Bertz CT molecular complexity index is 1590. The van der Waals surface area contributed by atoms with E-state index in [2.05, 4.69) is 29.6 Å². The van der Waals surface area contributed by atoms with Crippen molar-refractivity contribution >= 4 is 37.7 Å². The number of hydrogen-bond donors (Lipinski definition) is 7. The molecule has 17 nitrogen and oxygen atoms in total. The van der Waals surface area contributed by atoms with Crippen LogP contribution in [-0.4, -0.2) is 134 Å². The van der Waals surface area contributed by atoms with E-state index in [1.54, 1.807) is 0 Å². The summed E-state index contributed by atoms with van der Waals surface area (Å²) in [6.07, 6.45) is 3.55. The highest BCUT2D eigenvalue weighted by Gasteiger charge is 2.41. The maximum Gasteiger partial charge on any atom is 0.472 e. The van der Waals surface area contributed by atoms with E-state index in [4.69, 9.17) is 9.05 Å². The van der Waals surface area contributed by atoms with Crippen molar-refractivity contribution in [3.8, 4) is 0 Å². The third-order valence-electron chi connectivity index (χ3n) is 10.4. The minimum atomic E-state index is -4.84. The summed E-state index contributed by atoms with van der Waals surface area (Å²) in [6.45, 7) is -3.34. The van der Waals surface area contributed by atoms with E-state index in [0.717, 1.165) is 16.0 Å². The molecular weight excluding hydrogens is 741 g/mol. The van der Waals surface area contributed by atoms with Crippen molar-refractivity contribution in [3.05, 3.63) is 71.8 Å². The van der Waals surface area contributed by atoms with Crippen LogP contribution < -0.4 is 5.32 Å². The van der Waals surface area contributed by atoms with Crippen molar-refractivity contribution in [2.24, 2.45) is 5.92 Å². The molecule has 2 aliphatic carbocycles. The lowest BCUT2D eigenvalue weighted by atomic mass is 9.65. The van der Waals surface area contributed by atoms with Gasteiger partial charge < -0.3 is 30.4 Å². The van der Waals surface area contributed by atoms with E-state index in [-0.39, 0.29) is 18.5 Å². The average Bonchev–Trinajstić information content (AvgIpc) is 3.12. The molecule has 302 valence electrons. The summed E-state index contributed by atoms with van der Waals surface area (Å²) < 4.78 is 24.5. The number of hydrogen-bond acceptors (Lipinski definition) is 11. The lowest BCUT2D eigenvalue weighted by Gasteiger charge is -2.41. The molecule has 2 aliphatic rings. The number of carbonyl (C=O) groups is 5. The van der Waals surface area contributed by atoms with E-state index in [0.29, 0.717) is 51.4 Å². The quantitative estimate of drug-likeness (QED) is 0.0668. The maximum absolute atomic E-state index is 13.4. The van der Waals surface area contributed by atoms with Gasteiger partial charge in [-0.05, 0) is 55.6 Å². The average molecular weight is 792 g/mol. The van der Waals surface area contributed by atoms with Gasteiger partial charge in [0.05, 0.1) is 32.3 Å². The summed E-state index contributed by atoms with van der Waals surface area (Å²) in [5, 5.41) is 50.6. The van der Waals surface area contributed by atoms with Gasteiger partial charge in [0.25, 0.3) is 0 Å². The van der Waals surface area contributed by atoms with E-state index in [1.165, 1.54) is 4.90 Å². The van der Waals surface area contributed by atoms with Crippen LogP contribution in [0.5, 0.6) is 0 Å². The fraction of sp³-hybridized carbons (Fsp3) is 0.541. The zero-order valence-corrected chi connectivity index (χ0v) is 31.2. The molecule has 2 aromatic rings. The topological polar surface area (TPSA) is 261 Å². The summed E-state index contributed by atoms with van der Waals surface area (Å²) in [7, 11) is -4.84. The smallest absolute Gasteiger partial charge is 0.472 e. The molecule has 0 radical (unpaired) electrons. The highest BCUT2D eigenvalue weighted by Crippen LogP contribution is 2.51. The van der Waals surface area contributed by atoms with Crippen LogP contribution in [0.1, 0.15) is 62.5 Å². The second-order valence-corrected chi connectivity index (χ2v) is 15.7. The van der Waals surface area contributed by atoms with Crippen molar-refractivity contribution in [3.63, 3.8) is 0 Å². The van der Waals surface area contributed by atoms with Crippen molar-refractivity contribution in [1.29, 1.82) is 0 Å². The predicted molar refractivity (Wildman–Crippen MR) is 195 cm³/mol. The Morgan fingerprint density at radius 2 is 1.27 bits per heavy atom. The number of aliphatic carboxylic acids is 5. The first-order valence-corrected chi connectivity index (χ1v) is 19.7. The van der Waals surface area contributed by atoms with Crippen LogP contribution in [0.25, 0.3) is 0 Å². The fourth-order valence-electron chi connectivity index (χ4n) is 7.91. The SMILES string of the molecule is O=C(O)CN(CC1CCCCC1NC(C(=O)O)C(=O)O)CC(COP(=O)(O)OC1CCC(c2ccccc2)(c2ccccc2)CC1)N(CC(=O)O)CC(=O)O. The molecule has 18 heteroatoms. The predicted octanol–water partition coefficient (Wildman–Crippen LogP) is 2.96. The molecule has 4 atom stereocenters. The van der Waals surface area contributed by atoms with E-state index < -0.39 is 94.1 Å². The summed E-state index contributed by atoms with van der Waals surface area (Å²) in [4.78, 5) is 72.2. The lowest BCUT2D eigenvalue weighted by molar-refractivity contribution is -0.152. The number of carboxylic acids is 5. The monoisotopic (exact) mass is 791 g/mol. The third kappa shape index (κ3) is 12.9. The highest BCUT2D eigenvalue weighted by atomic mass is 31.2. The van der Waals surface area contributed by atoms with Crippen LogP contribution in [0.2, 0.25) is 0 Å². The van der Waals surface area contributed by atoms with Gasteiger partial charge >= 0.3 is 37.7 Å². The number of benzene rings is 2. The number of phosphoric ester groups is 1. The molecule has 0 spiro atoms. The minimum Gasteiger partial charge on any atom is -0.480 e. The Hall–Kier alpha value is -4.22. The summed E-state index contributed by atoms with van der Waals surface area (Å²) in [5.74, 6) is -7.73. The Balaban J connectivity index is 1.50. The van der Waals surface area contributed by atoms with Crippen molar-refractivity contribution in [2.45, 2.75) is 81.0 Å². The van der Waals surface area contributed by atoms with E-state index >= 15 is 0 Å². The molecule has 0 amide bonds. The van der Waals surface area contributed by atoms with Crippen LogP contribution >= 0.6 is 7.82 Å². The second kappa shape index (κ2) is 20.1. The maximum atomic E-state index is 13.4. The van der Waals surface area contributed by atoms with Crippen LogP contribution in [0.4, 0.5) is 0 Å². The third-order valence-corrected chi connectivity index (χ3v) is 11.5. The molecule has 2 aromatic carbocycles. The van der Waals surface area contributed by atoms with Gasteiger partial charge in [0.2, 0.25) is 6.04 Å². The molecular formula is C37H50N3O14P. The molecule has 0 aromatic heterocycles. The number of phosphoric acid groups is 1. The first-order valence-electron chi connectivity index (χ1n) is 18.2. The molecule has 0 saturated heterocycles. The number of nitrogens with one attached hydrogen (secondary N) is 1. The molecule has 0 heterocycles. The van der Waals surface area contributed by atoms with Crippen LogP contribution in [0.15, 0.2) is 60.7 Å². The molecule has 4 rings (SSSR count). The first kappa shape index (κ1) is 43.5. The van der Waals surface area contributed by atoms with Crippen LogP contribution in [-0.2, 0) is 43.0 Å². The first-order chi connectivity index (χ1) is 26.1. The van der Waals surface area contributed by atoms with Crippen molar-refractivity contribution < 1.29 is 68.0 Å². The van der Waals surface area contributed by atoms with Gasteiger partial charge in [0.15, 0.2) is 0 Å². The largest absolute Gasteiger partial charge is 0.480 e. The molecule has 2 fully saturated rings. The minimum absolute atomic E-state index is 0.0274. The highest BCUT2D eigenvalue weighted by molar-refractivity contribution is 7.47. The zero-order chi connectivity index (χ0) is 40.2. The van der Waals surface area contributed by atoms with E-state index in [9.17, 15) is 59.0 Å². The molecule has 55 heavy (non-hydrogen) atoms. The molecule has 2 saturated carbocycles. The fourth-order valence-corrected chi connectivity index (χ4v) is 8.92. The van der Waals surface area contributed by atoms with Gasteiger partial charge in [0.1, 0.15) is 0 Å². The summed E-state index contributed by atoms with van der Waals surface area (Å²) in [5.41, 5.74) is 1.85. The van der Waals surface area contributed by atoms with Crippen LogP contribution in [0, 0.1) is 5.92 Å². The number of rotatable bonds is 22. The van der Waals surface area contributed by atoms with Gasteiger partial charge in [-0.25, -0.2) is 14.2 Å². The Labute approximate surface area is 318 Å². The molecule has 4 unspecified atom stereocenters. The van der Waals surface area contributed by atoms with Gasteiger partial charge in [-0.1, -0.05) is 73.5 Å². The number of nitrogens with zero attached hydrogens (tertiary/aromatic N) is 2. The standard InChI is InChI=1S/C37H50N3O14P/c41-31(42)21-39(19-25-9-7-8-14-30(25)38-34(35(47)48)36(49)50)20-28(40(22-32(43)44)23-33(45)46)24-53-55(51,52)54-29-15-17-37(18-16-29,26-10-3-1-4-11-26)27-12-5-2-6-13-27/h1-6,10-13,25,28-30,34,38H,7-9,14-24H2,(H,41,42)(H,43,44)(H,45,46)(H,47,48)(H,49,50)(H,51,52). The Morgan fingerprint density at radius 3 is 1.76 bits per heavy atom. The van der Waals surface area contributed by atoms with Gasteiger partial charge in [-0.2, -0.15) is 0 Å². The van der Waals surface area contributed by atoms with Crippen LogP contribution in [0.3, 0.4) is 0 Å². The lowest BCUT2D eigenvalue weighted by Crippen LogP contribution is -2.55. The molecule has 7 N–H and O–H groups in total. The Kier molecular flexibility index (Phi) is 15.9. The van der Waals surface area contributed by atoms with Gasteiger partial charge in [-0.15, -0.1) is 0 Å². The Morgan fingerprint density at radius 1 is 0.764 bits per heavy atom. The summed E-state index contributed by atoms with van der Waals surface area (Å²) in [6, 6.07) is 16.1. The van der Waals surface area contributed by atoms with Crippen molar-refractivity contribution in [2.75, 3.05) is 39.3 Å². The molecule has 0 aliphatic heterocycles.